The Hall–Kier alpha value is -1.28. The molecule has 0 aliphatic heterocycles. The molecule has 0 radical (unpaired) electrons. The van der Waals surface area contributed by atoms with Crippen LogP contribution in [0.5, 0.6) is 5.75 Å². The molecule has 0 N–H and O–H groups in total. The van der Waals surface area contributed by atoms with Gasteiger partial charge in [-0.05, 0) is 32.8 Å². The van der Waals surface area contributed by atoms with E-state index in [1.165, 1.54) is 11.6 Å². The number of halogens is 1. The molecule has 0 saturated carbocycles. The lowest BCUT2D eigenvalue weighted by molar-refractivity contribution is 0.481. The van der Waals surface area contributed by atoms with E-state index in [0.29, 0.717) is 0 Å². The largest absolute Gasteiger partial charge is 0.464 e. The molecule has 2 heteroatoms. The number of rotatable bonds is 2. The average Bonchev–Trinajstić information content (AvgIpc) is 2.23. The minimum atomic E-state index is 0.790. The van der Waals surface area contributed by atoms with Crippen LogP contribution in [0.3, 0.4) is 0 Å². The molecule has 2 aromatic carbocycles. The highest BCUT2D eigenvalue weighted by molar-refractivity contribution is 9.10. The summed E-state index contributed by atoms with van der Waals surface area (Å²) in [5.41, 5.74) is 0. The Kier molecular flexibility index (Phi) is 2.55. The quantitative estimate of drug-likeness (QED) is 0.727. The van der Waals surface area contributed by atoms with E-state index in [4.69, 9.17) is 4.74 Å². The predicted molar refractivity (Wildman–Crippen MR) is 62.5 cm³/mol. The molecule has 0 aliphatic carbocycles. The van der Waals surface area contributed by atoms with Gasteiger partial charge in [0.15, 0.2) is 0 Å². The number of hydrogen-bond donors (Lipinski definition) is 0. The van der Waals surface area contributed by atoms with E-state index < -0.39 is 0 Å². The van der Waals surface area contributed by atoms with Crippen molar-refractivity contribution in [2.24, 2.45) is 0 Å². The molecular formula is C12H9BrO. The molecule has 2 aromatic rings. The number of hydrogen-bond acceptors (Lipinski definition) is 1. The van der Waals surface area contributed by atoms with Crippen LogP contribution < -0.4 is 4.74 Å². The van der Waals surface area contributed by atoms with Gasteiger partial charge in [-0.3, -0.25) is 0 Å². The van der Waals surface area contributed by atoms with Crippen LogP contribution in [0.1, 0.15) is 0 Å². The maximum absolute atomic E-state index is 5.26. The Labute approximate surface area is 91.1 Å². The van der Waals surface area contributed by atoms with Crippen molar-refractivity contribution >= 4 is 26.7 Å². The molecular weight excluding hydrogens is 240 g/mol. The molecule has 1 nitrogen and oxygen atoms in total. The van der Waals surface area contributed by atoms with Gasteiger partial charge >= 0.3 is 0 Å². The summed E-state index contributed by atoms with van der Waals surface area (Å²) in [6.07, 6.45) is 1.43. The standard InChI is InChI=1S/C12H9BrO/c1-2-14-11-8-7-9-5-3-4-6-10(9)12(11)13/h2-8H,1H2. The molecule has 0 aliphatic rings. The van der Waals surface area contributed by atoms with Crippen LogP contribution in [-0.2, 0) is 0 Å². The Morgan fingerprint density at radius 3 is 2.71 bits per heavy atom. The van der Waals surface area contributed by atoms with Gasteiger partial charge < -0.3 is 4.74 Å². The van der Waals surface area contributed by atoms with E-state index >= 15 is 0 Å². The van der Waals surface area contributed by atoms with Gasteiger partial charge in [-0.1, -0.05) is 36.9 Å². The van der Waals surface area contributed by atoms with Gasteiger partial charge in [0.25, 0.3) is 0 Å². The molecule has 0 atom stereocenters. The highest BCUT2D eigenvalue weighted by Crippen LogP contribution is 2.32. The first-order valence-corrected chi connectivity index (χ1v) is 5.07. The molecule has 0 spiro atoms. The minimum absolute atomic E-state index is 0.790. The summed E-state index contributed by atoms with van der Waals surface area (Å²) in [6, 6.07) is 12.1. The van der Waals surface area contributed by atoms with Gasteiger partial charge in [0.2, 0.25) is 0 Å². The van der Waals surface area contributed by atoms with Crippen molar-refractivity contribution in [3.8, 4) is 5.75 Å². The van der Waals surface area contributed by atoms with E-state index in [1.807, 2.05) is 24.3 Å². The third kappa shape index (κ3) is 1.53. The number of fused-ring (bicyclic) bond motifs is 1. The Morgan fingerprint density at radius 2 is 1.93 bits per heavy atom. The number of benzene rings is 2. The fourth-order valence-electron chi connectivity index (χ4n) is 1.39. The first-order chi connectivity index (χ1) is 6.83. The van der Waals surface area contributed by atoms with Gasteiger partial charge in [0.1, 0.15) is 5.75 Å². The first-order valence-electron chi connectivity index (χ1n) is 4.28. The van der Waals surface area contributed by atoms with E-state index in [2.05, 4.69) is 34.6 Å². The maximum atomic E-state index is 5.26. The van der Waals surface area contributed by atoms with E-state index in [0.717, 1.165) is 15.6 Å². The summed E-state index contributed by atoms with van der Waals surface area (Å²) in [5.74, 6) is 0.790. The monoisotopic (exact) mass is 248 g/mol. The van der Waals surface area contributed by atoms with Crippen LogP contribution in [0.2, 0.25) is 0 Å². The van der Waals surface area contributed by atoms with Crippen LogP contribution in [0, 0.1) is 0 Å². The lowest BCUT2D eigenvalue weighted by Crippen LogP contribution is -1.83. The smallest absolute Gasteiger partial charge is 0.141 e. The van der Waals surface area contributed by atoms with Crippen molar-refractivity contribution in [1.29, 1.82) is 0 Å². The summed E-state index contributed by atoms with van der Waals surface area (Å²) in [4.78, 5) is 0. The second-order valence-electron chi connectivity index (χ2n) is 2.88. The Morgan fingerprint density at radius 1 is 1.14 bits per heavy atom. The molecule has 14 heavy (non-hydrogen) atoms. The average molecular weight is 249 g/mol. The van der Waals surface area contributed by atoms with Crippen LogP contribution in [-0.4, -0.2) is 0 Å². The van der Waals surface area contributed by atoms with Crippen LogP contribution in [0.25, 0.3) is 10.8 Å². The molecule has 0 bridgehead atoms. The van der Waals surface area contributed by atoms with E-state index in [1.54, 1.807) is 0 Å². The van der Waals surface area contributed by atoms with Crippen LogP contribution in [0.4, 0.5) is 0 Å². The van der Waals surface area contributed by atoms with Crippen LogP contribution >= 0.6 is 15.9 Å². The Bertz CT molecular complexity index is 477. The zero-order chi connectivity index (χ0) is 9.97. The maximum Gasteiger partial charge on any atom is 0.141 e. The molecule has 0 fully saturated rings. The zero-order valence-corrected chi connectivity index (χ0v) is 9.12. The molecule has 0 saturated heterocycles. The van der Waals surface area contributed by atoms with Gasteiger partial charge in [0, 0.05) is 0 Å². The molecule has 0 amide bonds. The summed E-state index contributed by atoms with van der Waals surface area (Å²) in [7, 11) is 0. The molecule has 0 unspecified atom stereocenters. The molecule has 0 heterocycles. The van der Waals surface area contributed by atoms with Gasteiger partial charge in [-0.25, -0.2) is 0 Å². The molecule has 70 valence electrons. The minimum Gasteiger partial charge on any atom is -0.464 e. The fraction of sp³-hybridized carbons (Fsp3) is 0. The van der Waals surface area contributed by atoms with Crippen molar-refractivity contribution in [1.82, 2.24) is 0 Å². The SMILES string of the molecule is C=COc1ccc2ccccc2c1Br. The third-order valence-electron chi connectivity index (χ3n) is 2.04. The lowest BCUT2D eigenvalue weighted by atomic mass is 10.1. The molecule has 2 rings (SSSR count). The van der Waals surface area contributed by atoms with Crippen LogP contribution in [0.15, 0.2) is 53.7 Å². The van der Waals surface area contributed by atoms with Crippen molar-refractivity contribution in [2.45, 2.75) is 0 Å². The first kappa shape index (κ1) is 9.28. The van der Waals surface area contributed by atoms with Gasteiger partial charge in [-0.15, -0.1) is 0 Å². The summed E-state index contributed by atoms with van der Waals surface area (Å²) in [6.45, 7) is 3.53. The topological polar surface area (TPSA) is 9.23 Å². The normalized spacial score (nSPS) is 10.1. The van der Waals surface area contributed by atoms with Gasteiger partial charge in [0.05, 0.1) is 10.7 Å². The van der Waals surface area contributed by atoms with Gasteiger partial charge in [-0.2, -0.15) is 0 Å². The summed E-state index contributed by atoms with van der Waals surface area (Å²) >= 11 is 3.51. The zero-order valence-electron chi connectivity index (χ0n) is 7.53. The van der Waals surface area contributed by atoms with Crippen molar-refractivity contribution in [3.05, 3.63) is 53.7 Å². The van der Waals surface area contributed by atoms with Crippen molar-refractivity contribution < 1.29 is 4.74 Å². The highest BCUT2D eigenvalue weighted by Gasteiger charge is 2.03. The predicted octanol–water partition coefficient (Wildman–Crippen LogP) is 4.12. The number of ether oxygens (including phenoxy) is 1. The second kappa shape index (κ2) is 3.84. The van der Waals surface area contributed by atoms with E-state index in [9.17, 15) is 0 Å². The highest BCUT2D eigenvalue weighted by atomic mass is 79.9. The van der Waals surface area contributed by atoms with Crippen molar-refractivity contribution in [2.75, 3.05) is 0 Å². The third-order valence-corrected chi connectivity index (χ3v) is 2.86. The lowest BCUT2D eigenvalue weighted by Gasteiger charge is -2.06. The summed E-state index contributed by atoms with van der Waals surface area (Å²) in [5, 5.41) is 2.34. The van der Waals surface area contributed by atoms with E-state index in [-0.39, 0.29) is 0 Å². The van der Waals surface area contributed by atoms with Crippen molar-refractivity contribution in [3.63, 3.8) is 0 Å². The fourth-order valence-corrected chi connectivity index (χ4v) is 1.98. The molecule has 0 aromatic heterocycles. The summed E-state index contributed by atoms with van der Waals surface area (Å²) < 4.78 is 6.23. The Balaban J connectivity index is 2.68. The second-order valence-corrected chi connectivity index (χ2v) is 3.68.